The van der Waals surface area contributed by atoms with Crippen LogP contribution in [0.5, 0.6) is 0 Å². The third-order valence-electron chi connectivity index (χ3n) is 7.51. The van der Waals surface area contributed by atoms with Gasteiger partial charge in [-0.05, 0) is 67.4 Å². The largest absolute Gasteiger partial charge is 0.478 e. The summed E-state index contributed by atoms with van der Waals surface area (Å²) in [5.41, 5.74) is 4.03. The molecule has 0 spiro atoms. The number of hydrogen-bond donors (Lipinski definition) is 2. The van der Waals surface area contributed by atoms with E-state index in [2.05, 4.69) is 27.1 Å². The molecule has 2 amide bonds. The van der Waals surface area contributed by atoms with Crippen molar-refractivity contribution in [3.63, 3.8) is 0 Å². The van der Waals surface area contributed by atoms with E-state index in [0.29, 0.717) is 30.9 Å². The summed E-state index contributed by atoms with van der Waals surface area (Å²) < 4.78 is 0. The predicted molar refractivity (Wildman–Crippen MR) is 150 cm³/mol. The molecule has 2 saturated heterocycles. The van der Waals surface area contributed by atoms with E-state index in [1.54, 1.807) is 35.4 Å². The van der Waals surface area contributed by atoms with Gasteiger partial charge in [-0.15, -0.1) is 0 Å². The molecule has 3 aromatic rings. The van der Waals surface area contributed by atoms with Crippen LogP contribution in [0.25, 0.3) is 11.1 Å². The molecular formula is C30H33N5O4. The Balaban J connectivity index is 1.22. The lowest BCUT2D eigenvalue weighted by Crippen LogP contribution is -2.45. The molecule has 2 aliphatic heterocycles. The van der Waals surface area contributed by atoms with E-state index >= 15 is 0 Å². The van der Waals surface area contributed by atoms with Crippen LogP contribution < -0.4 is 10.2 Å². The number of piperidine rings is 1. The number of rotatable bonds is 6. The van der Waals surface area contributed by atoms with Crippen LogP contribution in [0.2, 0.25) is 0 Å². The predicted octanol–water partition coefficient (Wildman–Crippen LogP) is 3.69. The van der Waals surface area contributed by atoms with E-state index in [1.165, 1.54) is 0 Å². The number of nitrogens with zero attached hydrogens (tertiary/aromatic N) is 4. The molecule has 9 nitrogen and oxygen atoms in total. The third kappa shape index (κ3) is 6.26. The number of aromatic carboxylic acids is 1. The number of aromatic nitrogens is 1. The number of pyridine rings is 1. The van der Waals surface area contributed by atoms with Gasteiger partial charge in [0.1, 0.15) is 5.69 Å². The van der Waals surface area contributed by atoms with Crippen molar-refractivity contribution in [1.29, 1.82) is 0 Å². The van der Waals surface area contributed by atoms with Crippen LogP contribution in [-0.4, -0.2) is 84.0 Å². The fourth-order valence-electron chi connectivity index (χ4n) is 5.16. The molecule has 2 aromatic carbocycles. The highest BCUT2D eigenvalue weighted by atomic mass is 16.4. The molecule has 2 aliphatic rings. The summed E-state index contributed by atoms with van der Waals surface area (Å²) in [4.78, 5) is 48.3. The van der Waals surface area contributed by atoms with Crippen molar-refractivity contribution in [3.8, 4) is 11.1 Å². The van der Waals surface area contributed by atoms with Gasteiger partial charge in [0.15, 0.2) is 0 Å². The first kappa shape index (κ1) is 26.4. The van der Waals surface area contributed by atoms with Crippen molar-refractivity contribution >= 4 is 29.2 Å². The lowest BCUT2D eigenvalue weighted by molar-refractivity contribution is -0.121. The number of carboxylic acids is 1. The number of hydrogen-bond acceptors (Lipinski definition) is 6. The lowest BCUT2D eigenvalue weighted by atomic mass is 9.96. The van der Waals surface area contributed by atoms with Crippen molar-refractivity contribution in [2.75, 3.05) is 56.5 Å². The number of amides is 2. The highest BCUT2D eigenvalue weighted by Gasteiger charge is 2.30. The van der Waals surface area contributed by atoms with E-state index in [0.717, 1.165) is 49.4 Å². The van der Waals surface area contributed by atoms with Crippen LogP contribution >= 0.6 is 0 Å². The Hall–Kier alpha value is -4.24. The SMILES string of the molecule is CN1CCN(c2ccnc(C(=O)N3CCC[C@H](C(=O)Nc4cccc(-c5ccc(C(=O)O)cc5)c4)C3)c2)CC1. The molecule has 5 rings (SSSR count). The number of nitrogens with one attached hydrogen (secondary N) is 1. The Morgan fingerprint density at radius 2 is 1.69 bits per heavy atom. The summed E-state index contributed by atoms with van der Waals surface area (Å²) in [6, 6.07) is 17.9. The topological polar surface area (TPSA) is 106 Å². The van der Waals surface area contributed by atoms with Gasteiger partial charge < -0.3 is 25.1 Å². The Morgan fingerprint density at radius 3 is 2.44 bits per heavy atom. The first-order valence-corrected chi connectivity index (χ1v) is 13.3. The van der Waals surface area contributed by atoms with E-state index in [4.69, 9.17) is 5.11 Å². The summed E-state index contributed by atoms with van der Waals surface area (Å²) in [6.07, 6.45) is 3.15. The fraction of sp³-hybridized carbons (Fsp3) is 0.333. The Morgan fingerprint density at radius 1 is 0.923 bits per heavy atom. The van der Waals surface area contributed by atoms with Crippen molar-refractivity contribution in [1.82, 2.24) is 14.8 Å². The molecule has 0 bridgehead atoms. The molecular weight excluding hydrogens is 494 g/mol. The second kappa shape index (κ2) is 11.7. The number of carboxylic acid groups (broad SMARTS) is 1. The number of carbonyl (C=O) groups is 3. The van der Waals surface area contributed by atoms with Gasteiger partial charge in [-0.3, -0.25) is 14.6 Å². The number of likely N-dealkylation sites (N-methyl/N-ethyl adjacent to an activating group) is 1. The average Bonchev–Trinajstić information content (AvgIpc) is 2.97. The lowest BCUT2D eigenvalue weighted by Gasteiger charge is -2.34. The van der Waals surface area contributed by atoms with Gasteiger partial charge >= 0.3 is 5.97 Å². The monoisotopic (exact) mass is 527 g/mol. The molecule has 2 fully saturated rings. The zero-order valence-corrected chi connectivity index (χ0v) is 22.0. The van der Waals surface area contributed by atoms with Gasteiger partial charge in [0.25, 0.3) is 5.91 Å². The summed E-state index contributed by atoms with van der Waals surface area (Å²) in [5.74, 6) is -1.55. The molecule has 202 valence electrons. The summed E-state index contributed by atoms with van der Waals surface area (Å²) in [7, 11) is 2.11. The van der Waals surface area contributed by atoms with Crippen LogP contribution in [0.1, 0.15) is 33.7 Å². The highest BCUT2D eigenvalue weighted by Crippen LogP contribution is 2.26. The molecule has 0 radical (unpaired) electrons. The number of carbonyl (C=O) groups excluding carboxylic acids is 2. The van der Waals surface area contributed by atoms with Gasteiger partial charge in [-0.1, -0.05) is 24.3 Å². The van der Waals surface area contributed by atoms with Crippen LogP contribution in [0, 0.1) is 5.92 Å². The molecule has 1 aromatic heterocycles. The highest BCUT2D eigenvalue weighted by molar-refractivity contribution is 5.96. The average molecular weight is 528 g/mol. The van der Waals surface area contributed by atoms with Gasteiger partial charge in [0.2, 0.25) is 5.91 Å². The molecule has 1 atom stereocenters. The minimum atomic E-state index is -0.971. The summed E-state index contributed by atoms with van der Waals surface area (Å²) in [5, 5.41) is 12.1. The van der Waals surface area contributed by atoms with Crippen LogP contribution in [0.3, 0.4) is 0 Å². The van der Waals surface area contributed by atoms with E-state index in [-0.39, 0.29) is 23.3 Å². The Labute approximate surface area is 228 Å². The number of benzene rings is 2. The maximum Gasteiger partial charge on any atom is 0.335 e. The molecule has 0 unspecified atom stereocenters. The van der Waals surface area contributed by atoms with Crippen molar-refractivity contribution in [2.45, 2.75) is 12.8 Å². The normalized spacial score (nSPS) is 18.0. The van der Waals surface area contributed by atoms with E-state index < -0.39 is 5.97 Å². The van der Waals surface area contributed by atoms with Crippen molar-refractivity contribution in [2.24, 2.45) is 5.92 Å². The van der Waals surface area contributed by atoms with E-state index in [1.807, 2.05) is 36.4 Å². The molecule has 2 N–H and O–H groups in total. The quantitative estimate of drug-likeness (QED) is 0.504. The summed E-state index contributed by atoms with van der Waals surface area (Å²) >= 11 is 0. The number of piperazine rings is 1. The fourth-order valence-corrected chi connectivity index (χ4v) is 5.16. The molecule has 39 heavy (non-hydrogen) atoms. The van der Waals surface area contributed by atoms with Gasteiger partial charge in [-0.2, -0.15) is 0 Å². The zero-order valence-electron chi connectivity index (χ0n) is 22.0. The first-order chi connectivity index (χ1) is 18.9. The summed E-state index contributed by atoms with van der Waals surface area (Å²) in [6.45, 7) is 4.74. The molecule has 0 aliphatic carbocycles. The van der Waals surface area contributed by atoms with Crippen LogP contribution in [0.15, 0.2) is 66.9 Å². The standard InChI is InChI=1S/C30H33N5O4/c1-33-14-16-34(17-15-33)26-11-12-31-27(19-26)29(37)35-13-3-5-24(20-35)28(36)32-25-6-2-4-23(18-25)21-7-9-22(10-8-21)30(38)39/h2,4,6-12,18-19,24H,3,5,13-17,20H2,1H3,(H,32,36)(H,38,39)/t24-/m0/s1. The maximum atomic E-state index is 13.3. The molecule has 3 heterocycles. The zero-order chi connectivity index (χ0) is 27.4. The number of likely N-dealkylation sites (tertiary alicyclic amines) is 1. The van der Waals surface area contributed by atoms with Gasteiger partial charge in [0, 0.05) is 56.8 Å². The van der Waals surface area contributed by atoms with Crippen molar-refractivity contribution < 1.29 is 19.5 Å². The second-order valence-electron chi connectivity index (χ2n) is 10.2. The van der Waals surface area contributed by atoms with E-state index in [9.17, 15) is 14.4 Å². The van der Waals surface area contributed by atoms with Gasteiger partial charge in [0.05, 0.1) is 11.5 Å². The van der Waals surface area contributed by atoms with Gasteiger partial charge in [-0.25, -0.2) is 4.79 Å². The smallest absolute Gasteiger partial charge is 0.335 e. The second-order valence-corrected chi connectivity index (χ2v) is 10.2. The van der Waals surface area contributed by atoms with Crippen LogP contribution in [0.4, 0.5) is 11.4 Å². The first-order valence-electron chi connectivity index (χ1n) is 13.3. The number of anilines is 2. The molecule has 9 heteroatoms. The minimum absolute atomic E-state index is 0.120. The molecule has 0 saturated carbocycles. The van der Waals surface area contributed by atoms with Crippen LogP contribution in [-0.2, 0) is 4.79 Å². The maximum absolute atomic E-state index is 13.3. The Bertz CT molecular complexity index is 1350. The van der Waals surface area contributed by atoms with Crippen molar-refractivity contribution in [3.05, 3.63) is 78.1 Å². The minimum Gasteiger partial charge on any atom is -0.478 e. The third-order valence-corrected chi connectivity index (χ3v) is 7.51. The Kier molecular flexibility index (Phi) is 7.88.